The van der Waals surface area contributed by atoms with Crippen molar-refractivity contribution in [1.29, 1.82) is 0 Å². The van der Waals surface area contributed by atoms with E-state index in [1.165, 1.54) is 6.07 Å². The fourth-order valence-electron chi connectivity index (χ4n) is 3.09. The third-order valence-corrected chi connectivity index (χ3v) is 5.59. The minimum absolute atomic E-state index is 0.0228. The van der Waals surface area contributed by atoms with Gasteiger partial charge in [0.05, 0.1) is 22.2 Å². The Labute approximate surface area is 195 Å². The Morgan fingerprint density at radius 2 is 1.87 bits per heavy atom. The number of rotatable bonds is 10. The highest BCUT2D eigenvalue weighted by atomic mass is 79.9. The van der Waals surface area contributed by atoms with E-state index in [4.69, 9.17) is 21.1 Å². The van der Waals surface area contributed by atoms with Crippen molar-refractivity contribution in [2.45, 2.75) is 26.2 Å². The second kappa shape index (κ2) is 11.5. The molecule has 0 amide bonds. The van der Waals surface area contributed by atoms with E-state index < -0.39 is 11.9 Å². The van der Waals surface area contributed by atoms with Gasteiger partial charge in [0, 0.05) is 18.7 Å². The normalized spacial score (nSPS) is 11.9. The summed E-state index contributed by atoms with van der Waals surface area (Å²) in [5, 5.41) is 13.9. The molecule has 0 bridgehead atoms. The molecular weight excluding hydrogens is 485 g/mol. The third kappa shape index (κ3) is 6.43. The average Bonchev–Trinajstić information content (AvgIpc) is 2.75. The zero-order valence-electron chi connectivity index (χ0n) is 17.1. The van der Waals surface area contributed by atoms with Crippen LogP contribution >= 0.6 is 27.5 Å². The van der Waals surface area contributed by atoms with Crippen LogP contribution in [0.1, 0.15) is 29.7 Å². The van der Waals surface area contributed by atoms with Gasteiger partial charge in [0.15, 0.2) is 11.5 Å². The molecule has 4 nitrogen and oxygen atoms in total. The SMILES string of the molecule is CCOc1cc(CNC[C@@H](O)c2ccccc2)cc(Br)c1OCc1c(F)cccc1Cl. The first-order valence-electron chi connectivity index (χ1n) is 9.94. The minimum atomic E-state index is -0.593. The monoisotopic (exact) mass is 507 g/mol. The van der Waals surface area contributed by atoms with Crippen LogP contribution in [0, 0.1) is 5.82 Å². The largest absolute Gasteiger partial charge is 0.490 e. The van der Waals surface area contributed by atoms with E-state index >= 15 is 0 Å². The number of ether oxygens (including phenoxy) is 2. The lowest BCUT2D eigenvalue weighted by atomic mass is 10.1. The van der Waals surface area contributed by atoms with E-state index in [0.717, 1.165) is 11.1 Å². The molecule has 0 aliphatic carbocycles. The summed E-state index contributed by atoms with van der Waals surface area (Å²) in [7, 11) is 0. The van der Waals surface area contributed by atoms with E-state index in [2.05, 4.69) is 21.2 Å². The molecule has 164 valence electrons. The number of halogens is 3. The molecule has 31 heavy (non-hydrogen) atoms. The maximum absolute atomic E-state index is 14.1. The van der Waals surface area contributed by atoms with Crippen molar-refractivity contribution >= 4 is 27.5 Å². The summed E-state index contributed by atoms with van der Waals surface area (Å²) in [5.41, 5.74) is 2.10. The molecule has 0 aromatic heterocycles. The van der Waals surface area contributed by atoms with Crippen molar-refractivity contribution < 1.29 is 19.0 Å². The van der Waals surface area contributed by atoms with Crippen molar-refractivity contribution in [3.63, 3.8) is 0 Å². The first-order chi connectivity index (χ1) is 15.0. The van der Waals surface area contributed by atoms with E-state index in [1.54, 1.807) is 12.1 Å². The molecule has 0 saturated carbocycles. The molecule has 0 fully saturated rings. The molecule has 0 unspecified atom stereocenters. The van der Waals surface area contributed by atoms with E-state index in [0.29, 0.717) is 46.3 Å². The Kier molecular flexibility index (Phi) is 8.72. The Morgan fingerprint density at radius 1 is 1.10 bits per heavy atom. The summed E-state index contributed by atoms with van der Waals surface area (Å²) in [6.07, 6.45) is -0.593. The van der Waals surface area contributed by atoms with E-state index in [-0.39, 0.29) is 6.61 Å². The van der Waals surface area contributed by atoms with Gasteiger partial charge in [0.1, 0.15) is 12.4 Å². The van der Waals surface area contributed by atoms with Gasteiger partial charge in [-0.25, -0.2) is 4.39 Å². The Morgan fingerprint density at radius 3 is 2.58 bits per heavy atom. The first-order valence-corrected chi connectivity index (χ1v) is 11.1. The highest BCUT2D eigenvalue weighted by Crippen LogP contribution is 2.38. The lowest BCUT2D eigenvalue weighted by Gasteiger charge is -2.17. The fraction of sp³-hybridized carbons (Fsp3) is 0.250. The molecule has 0 saturated heterocycles. The van der Waals surface area contributed by atoms with Crippen molar-refractivity contribution in [2.24, 2.45) is 0 Å². The molecule has 7 heteroatoms. The summed E-state index contributed by atoms with van der Waals surface area (Å²) >= 11 is 9.62. The van der Waals surface area contributed by atoms with Gasteiger partial charge in [-0.3, -0.25) is 0 Å². The summed E-state index contributed by atoms with van der Waals surface area (Å²) in [4.78, 5) is 0. The average molecular weight is 509 g/mol. The zero-order chi connectivity index (χ0) is 22.2. The highest BCUT2D eigenvalue weighted by molar-refractivity contribution is 9.10. The number of aliphatic hydroxyl groups is 1. The van der Waals surface area contributed by atoms with Gasteiger partial charge in [0.25, 0.3) is 0 Å². The van der Waals surface area contributed by atoms with Gasteiger partial charge in [-0.2, -0.15) is 0 Å². The summed E-state index contributed by atoms with van der Waals surface area (Å²) in [6, 6.07) is 17.8. The molecule has 0 heterocycles. The molecule has 0 spiro atoms. The van der Waals surface area contributed by atoms with Gasteiger partial charge >= 0.3 is 0 Å². The van der Waals surface area contributed by atoms with Gasteiger partial charge in [-0.15, -0.1) is 0 Å². The van der Waals surface area contributed by atoms with Crippen LogP contribution in [0.4, 0.5) is 4.39 Å². The Bertz CT molecular complexity index is 983. The predicted molar refractivity (Wildman–Crippen MR) is 124 cm³/mol. The molecule has 0 aliphatic rings. The summed E-state index contributed by atoms with van der Waals surface area (Å²) in [5.74, 6) is 0.610. The number of nitrogens with one attached hydrogen (secondary N) is 1. The quantitative estimate of drug-likeness (QED) is 0.350. The van der Waals surface area contributed by atoms with Gasteiger partial charge in [-0.1, -0.05) is 48.0 Å². The molecule has 0 aliphatic heterocycles. The third-order valence-electron chi connectivity index (χ3n) is 4.64. The molecule has 0 radical (unpaired) electrons. The topological polar surface area (TPSA) is 50.7 Å². The first kappa shape index (κ1) is 23.5. The van der Waals surface area contributed by atoms with Crippen LogP contribution < -0.4 is 14.8 Å². The smallest absolute Gasteiger partial charge is 0.175 e. The number of aliphatic hydroxyl groups excluding tert-OH is 1. The zero-order valence-corrected chi connectivity index (χ0v) is 19.4. The fourth-order valence-corrected chi connectivity index (χ4v) is 3.91. The van der Waals surface area contributed by atoms with E-state index in [1.807, 2.05) is 49.4 Å². The lowest BCUT2D eigenvalue weighted by molar-refractivity contribution is 0.174. The van der Waals surface area contributed by atoms with Crippen LogP contribution in [0.25, 0.3) is 0 Å². The Hall–Kier alpha value is -2.12. The Balaban J connectivity index is 1.68. The molecule has 3 aromatic carbocycles. The van der Waals surface area contributed by atoms with Crippen LogP contribution in [0.5, 0.6) is 11.5 Å². The van der Waals surface area contributed by atoms with Gasteiger partial charge in [0.2, 0.25) is 0 Å². The van der Waals surface area contributed by atoms with Crippen LogP contribution in [-0.4, -0.2) is 18.3 Å². The van der Waals surface area contributed by atoms with Crippen LogP contribution in [-0.2, 0) is 13.2 Å². The second-order valence-corrected chi connectivity index (χ2v) is 8.15. The van der Waals surface area contributed by atoms with Gasteiger partial charge in [-0.05, 0) is 58.2 Å². The summed E-state index contributed by atoms with van der Waals surface area (Å²) in [6.45, 7) is 3.25. The van der Waals surface area contributed by atoms with Crippen molar-refractivity contribution in [3.8, 4) is 11.5 Å². The second-order valence-electron chi connectivity index (χ2n) is 6.88. The van der Waals surface area contributed by atoms with Crippen molar-refractivity contribution in [2.75, 3.05) is 13.2 Å². The number of benzene rings is 3. The van der Waals surface area contributed by atoms with Crippen LogP contribution in [0.15, 0.2) is 65.1 Å². The molecule has 3 aromatic rings. The number of hydrogen-bond donors (Lipinski definition) is 2. The highest BCUT2D eigenvalue weighted by Gasteiger charge is 2.15. The molecular formula is C24H24BrClFNO3. The molecule has 2 N–H and O–H groups in total. The molecule has 1 atom stereocenters. The number of hydrogen-bond acceptors (Lipinski definition) is 4. The van der Waals surface area contributed by atoms with Gasteiger partial charge < -0.3 is 19.9 Å². The predicted octanol–water partition coefficient (Wildman–Crippen LogP) is 6.04. The van der Waals surface area contributed by atoms with Crippen LogP contribution in [0.2, 0.25) is 5.02 Å². The summed E-state index contributed by atoms with van der Waals surface area (Å²) < 4.78 is 26.4. The lowest BCUT2D eigenvalue weighted by Crippen LogP contribution is -2.21. The van der Waals surface area contributed by atoms with Crippen molar-refractivity contribution in [3.05, 3.63) is 92.7 Å². The maximum Gasteiger partial charge on any atom is 0.175 e. The van der Waals surface area contributed by atoms with Crippen LogP contribution in [0.3, 0.4) is 0 Å². The molecule has 3 rings (SSSR count). The minimum Gasteiger partial charge on any atom is -0.490 e. The van der Waals surface area contributed by atoms with Crippen molar-refractivity contribution in [1.82, 2.24) is 5.32 Å². The van der Waals surface area contributed by atoms with E-state index in [9.17, 15) is 9.50 Å². The standard InChI is InChI=1S/C24H24BrClFNO3/c1-2-30-23-12-16(13-28-14-22(29)17-7-4-3-5-8-17)11-19(25)24(23)31-15-18-20(26)9-6-10-21(18)27/h3-12,22,28-29H,2,13-15H2,1H3/t22-/m1/s1. The maximum atomic E-state index is 14.1.